The number of amidine groups is 1. The summed E-state index contributed by atoms with van der Waals surface area (Å²) in [6.45, 7) is 2.01. The Bertz CT molecular complexity index is 350. The number of rotatable bonds is 1. The van der Waals surface area contributed by atoms with Gasteiger partial charge in [-0.3, -0.25) is 0 Å². The number of benzene rings is 1. The van der Waals surface area contributed by atoms with Gasteiger partial charge in [-0.25, -0.2) is 0 Å². The molecule has 13 heavy (non-hydrogen) atoms. The highest BCUT2D eigenvalue weighted by Crippen LogP contribution is 2.15. The number of nitrogens with one attached hydrogen (secondary N) is 1. The van der Waals surface area contributed by atoms with Crippen molar-refractivity contribution in [3.63, 3.8) is 0 Å². The van der Waals surface area contributed by atoms with Crippen molar-refractivity contribution >= 4 is 11.7 Å². The summed E-state index contributed by atoms with van der Waals surface area (Å²) in [7, 11) is 0. The Morgan fingerprint density at radius 1 is 1.54 bits per heavy atom. The first-order chi connectivity index (χ1) is 6.25. The molecule has 5 nitrogen and oxygen atoms in total. The quantitative estimate of drug-likeness (QED) is 0.656. The third-order valence-corrected chi connectivity index (χ3v) is 1.68. The monoisotopic (exact) mass is 178 g/mol. The van der Waals surface area contributed by atoms with Crippen LogP contribution in [0.1, 0.15) is 5.56 Å². The van der Waals surface area contributed by atoms with Crippen molar-refractivity contribution < 1.29 is 4.84 Å². The molecule has 2 rings (SSSR count). The fraction of sp³-hybridized carbons (Fsp3) is 0.125. The normalized spacial score (nSPS) is 15.5. The van der Waals surface area contributed by atoms with Crippen molar-refractivity contribution in [2.45, 2.75) is 6.92 Å². The number of hydrazine groups is 1. The number of anilines is 1. The summed E-state index contributed by atoms with van der Waals surface area (Å²) in [6.07, 6.45) is 0. The molecule has 0 radical (unpaired) electrons. The van der Waals surface area contributed by atoms with Crippen LogP contribution in [0.25, 0.3) is 0 Å². The van der Waals surface area contributed by atoms with Gasteiger partial charge in [0.2, 0.25) is 0 Å². The van der Waals surface area contributed by atoms with Gasteiger partial charge in [0, 0.05) is 0 Å². The van der Waals surface area contributed by atoms with Crippen LogP contribution in [-0.4, -0.2) is 6.02 Å². The van der Waals surface area contributed by atoms with Crippen LogP contribution in [-0.2, 0) is 4.84 Å². The van der Waals surface area contributed by atoms with Gasteiger partial charge in [0.1, 0.15) is 0 Å². The van der Waals surface area contributed by atoms with E-state index in [0.29, 0.717) is 0 Å². The lowest BCUT2D eigenvalue weighted by Crippen LogP contribution is -2.27. The Balaban J connectivity index is 2.26. The molecular weight excluding hydrogens is 168 g/mol. The van der Waals surface area contributed by atoms with Gasteiger partial charge in [-0.15, -0.1) is 0 Å². The van der Waals surface area contributed by atoms with E-state index in [9.17, 15) is 0 Å². The molecule has 0 atom stereocenters. The lowest BCUT2D eigenvalue weighted by atomic mass is 10.2. The standard InChI is InChI=1S/C8H10N4O/c1-6-3-2-4-7(5-6)12-10-8(9)13-11-12/h2-5,11H,1H3,(H2,9,10). The van der Waals surface area contributed by atoms with Crippen molar-refractivity contribution in [1.29, 1.82) is 0 Å². The zero-order valence-corrected chi connectivity index (χ0v) is 7.19. The molecule has 0 saturated heterocycles. The van der Waals surface area contributed by atoms with Crippen molar-refractivity contribution in [2.75, 3.05) is 5.12 Å². The SMILES string of the molecule is Cc1cccc(N2N=C(N)ON2)c1. The molecule has 3 N–H and O–H groups in total. The molecule has 0 aromatic heterocycles. The van der Waals surface area contributed by atoms with E-state index >= 15 is 0 Å². The second-order valence-electron chi connectivity index (χ2n) is 2.78. The first kappa shape index (κ1) is 7.88. The van der Waals surface area contributed by atoms with Gasteiger partial charge >= 0.3 is 6.02 Å². The molecular formula is C8H10N4O. The van der Waals surface area contributed by atoms with Crippen LogP contribution in [0.4, 0.5) is 5.69 Å². The highest BCUT2D eigenvalue weighted by molar-refractivity contribution is 5.74. The minimum absolute atomic E-state index is 0.113. The number of hydrogen-bond acceptors (Lipinski definition) is 5. The Morgan fingerprint density at radius 3 is 3.00 bits per heavy atom. The zero-order valence-electron chi connectivity index (χ0n) is 7.19. The summed E-state index contributed by atoms with van der Waals surface area (Å²) in [5.74, 6) is 0. The molecule has 0 unspecified atom stereocenters. The summed E-state index contributed by atoms with van der Waals surface area (Å²) < 4.78 is 0. The Kier molecular flexibility index (Phi) is 1.79. The Labute approximate surface area is 75.7 Å². The third kappa shape index (κ3) is 1.54. The van der Waals surface area contributed by atoms with Crippen LogP contribution in [0.3, 0.4) is 0 Å². The number of hydrogen-bond donors (Lipinski definition) is 2. The van der Waals surface area contributed by atoms with Gasteiger partial charge in [0.25, 0.3) is 0 Å². The first-order valence-corrected chi connectivity index (χ1v) is 3.89. The van der Waals surface area contributed by atoms with Crippen LogP contribution in [0.2, 0.25) is 0 Å². The molecule has 0 bridgehead atoms. The number of nitrogens with zero attached hydrogens (tertiary/aromatic N) is 2. The summed E-state index contributed by atoms with van der Waals surface area (Å²) in [4.78, 5) is 4.76. The van der Waals surface area contributed by atoms with Crippen LogP contribution < -0.4 is 16.4 Å². The maximum atomic E-state index is 5.32. The second-order valence-corrected chi connectivity index (χ2v) is 2.78. The van der Waals surface area contributed by atoms with E-state index in [-0.39, 0.29) is 6.02 Å². The molecule has 1 aliphatic heterocycles. The minimum atomic E-state index is 0.113. The topological polar surface area (TPSA) is 62.9 Å². The lowest BCUT2D eigenvalue weighted by Gasteiger charge is -2.10. The predicted molar refractivity (Wildman–Crippen MR) is 49.5 cm³/mol. The number of hydrazone groups is 1. The van der Waals surface area contributed by atoms with Crippen molar-refractivity contribution in [2.24, 2.45) is 10.8 Å². The molecule has 1 heterocycles. The third-order valence-electron chi connectivity index (χ3n) is 1.68. The van der Waals surface area contributed by atoms with Gasteiger partial charge in [0.05, 0.1) is 5.69 Å². The van der Waals surface area contributed by atoms with Crippen LogP contribution >= 0.6 is 0 Å². The average Bonchev–Trinajstić information content (AvgIpc) is 2.52. The van der Waals surface area contributed by atoms with Crippen LogP contribution in [0.15, 0.2) is 29.4 Å². The molecule has 0 aliphatic carbocycles. The van der Waals surface area contributed by atoms with E-state index < -0.39 is 0 Å². The molecule has 1 aromatic carbocycles. The highest BCUT2D eigenvalue weighted by atomic mass is 16.7. The minimum Gasteiger partial charge on any atom is -0.351 e. The largest absolute Gasteiger partial charge is 0.351 e. The van der Waals surface area contributed by atoms with Gasteiger partial charge in [-0.05, 0) is 30.2 Å². The van der Waals surface area contributed by atoms with Gasteiger partial charge < -0.3 is 10.6 Å². The molecule has 5 heteroatoms. The zero-order chi connectivity index (χ0) is 9.26. The molecule has 0 spiro atoms. The van der Waals surface area contributed by atoms with E-state index in [1.165, 1.54) is 5.12 Å². The smallest absolute Gasteiger partial charge is 0.327 e. The maximum Gasteiger partial charge on any atom is 0.327 e. The lowest BCUT2D eigenvalue weighted by molar-refractivity contribution is 0.199. The van der Waals surface area contributed by atoms with Gasteiger partial charge in [0.15, 0.2) is 0 Å². The molecule has 1 aromatic rings. The van der Waals surface area contributed by atoms with E-state index in [1.54, 1.807) is 0 Å². The molecule has 68 valence electrons. The summed E-state index contributed by atoms with van der Waals surface area (Å²) >= 11 is 0. The van der Waals surface area contributed by atoms with Crippen LogP contribution in [0, 0.1) is 6.92 Å². The molecule has 0 saturated carbocycles. The molecule has 1 aliphatic rings. The average molecular weight is 178 g/mol. The maximum absolute atomic E-state index is 5.32. The summed E-state index contributed by atoms with van der Waals surface area (Å²) in [5.41, 5.74) is 9.92. The van der Waals surface area contributed by atoms with Gasteiger partial charge in [-0.1, -0.05) is 17.2 Å². The second kappa shape index (κ2) is 2.95. The van der Waals surface area contributed by atoms with E-state index in [2.05, 4.69) is 10.7 Å². The van der Waals surface area contributed by atoms with E-state index in [4.69, 9.17) is 10.6 Å². The van der Waals surface area contributed by atoms with Crippen molar-refractivity contribution in [3.8, 4) is 0 Å². The van der Waals surface area contributed by atoms with Gasteiger partial charge in [-0.2, -0.15) is 5.12 Å². The number of aryl methyl sites for hydroxylation is 1. The Hall–Kier alpha value is -1.75. The summed E-state index contributed by atoms with van der Waals surface area (Å²) in [5, 5.41) is 5.37. The first-order valence-electron chi connectivity index (χ1n) is 3.89. The predicted octanol–water partition coefficient (Wildman–Crippen LogP) is 0.481. The molecule has 0 amide bonds. The van der Waals surface area contributed by atoms with Crippen LogP contribution in [0.5, 0.6) is 0 Å². The van der Waals surface area contributed by atoms with Crippen molar-refractivity contribution in [1.82, 2.24) is 5.59 Å². The molecule has 0 fully saturated rings. The Morgan fingerprint density at radius 2 is 2.38 bits per heavy atom. The number of nitrogens with two attached hydrogens (primary N) is 1. The fourth-order valence-corrected chi connectivity index (χ4v) is 1.10. The van der Waals surface area contributed by atoms with E-state index in [1.807, 2.05) is 31.2 Å². The van der Waals surface area contributed by atoms with Crippen molar-refractivity contribution in [3.05, 3.63) is 29.8 Å². The highest BCUT2D eigenvalue weighted by Gasteiger charge is 2.13. The van der Waals surface area contributed by atoms with E-state index in [0.717, 1.165) is 11.3 Å². The fourth-order valence-electron chi connectivity index (χ4n) is 1.10. The summed E-state index contributed by atoms with van der Waals surface area (Å²) in [6, 6.07) is 7.94.